The van der Waals surface area contributed by atoms with Gasteiger partial charge in [0.05, 0.1) is 11.3 Å². The van der Waals surface area contributed by atoms with Crippen molar-refractivity contribution in [3.05, 3.63) is 53.1 Å². The number of carbonyl (C=O) groups is 1. The first-order valence-electron chi connectivity index (χ1n) is 5.74. The molecule has 92 valence electrons. The second kappa shape index (κ2) is 4.96. The minimum atomic E-state index is -0.184. The van der Waals surface area contributed by atoms with Gasteiger partial charge >= 0.3 is 0 Å². The number of anilines is 1. The zero-order valence-corrected chi connectivity index (χ0v) is 10.7. The molecular formula is C14H15N3O. The highest BCUT2D eigenvalue weighted by Gasteiger charge is 2.10. The minimum absolute atomic E-state index is 0.184. The number of aryl methyl sites for hydroxylation is 3. The Bertz CT molecular complexity index is 576. The van der Waals surface area contributed by atoms with Crippen molar-refractivity contribution in [2.24, 2.45) is 0 Å². The van der Waals surface area contributed by atoms with E-state index < -0.39 is 0 Å². The second-order valence-electron chi connectivity index (χ2n) is 4.24. The standard InChI is InChI=1S/C14H15N3O/c1-9-4-6-12(7-5-9)17-14(18)13-8-15-11(3)16-10(13)2/h4-8H,1-3H3,(H,17,18). The Hall–Kier alpha value is -2.23. The zero-order valence-electron chi connectivity index (χ0n) is 10.7. The van der Waals surface area contributed by atoms with Crippen molar-refractivity contribution in [1.82, 2.24) is 9.97 Å². The Morgan fingerprint density at radius 2 is 1.78 bits per heavy atom. The van der Waals surface area contributed by atoms with Gasteiger partial charge in [0.2, 0.25) is 0 Å². The van der Waals surface area contributed by atoms with Gasteiger partial charge in [-0.2, -0.15) is 0 Å². The molecule has 0 fully saturated rings. The van der Waals surface area contributed by atoms with E-state index in [4.69, 9.17) is 0 Å². The molecule has 4 heteroatoms. The van der Waals surface area contributed by atoms with E-state index in [1.54, 1.807) is 20.0 Å². The summed E-state index contributed by atoms with van der Waals surface area (Å²) in [5.41, 5.74) is 3.11. The van der Waals surface area contributed by atoms with Gasteiger partial charge in [-0.1, -0.05) is 17.7 Å². The molecule has 0 spiro atoms. The number of amides is 1. The molecule has 2 rings (SSSR count). The maximum absolute atomic E-state index is 12.0. The first-order chi connectivity index (χ1) is 8.56. The van der Waals surface area contributed by atoms with Crippen LogP contribution in [0.1, 0.15) is 27.4 Å². The third kappa shape index (κ3) is 2.71. The highest BCUT2D eigenvalue weighted by atomic mass is 16.1. The molecule has 1 heterocycles. The van der Waals surface area contributed by atoms with E-state index in [-0.39, 0.29) is 5.91 Å². The van der Waals surface area contributed by atoms with E-state index in [1.807, 2.05) is 31.2 Å². The van der Waals surface area contributed by atoms with Crippen molar-refractivity contribution in [2.75, 3.05) is 5.32 Å². The molecule has 4 nitrogen and oxygen atoms in total. The van der Waals surface area contributed by atoms with Gasteiger partial charge in [-0.3, -0.25) is 4.79 Å². The van der Waals surface area contributed by atoms with Crippen LogP contribution in [0.25, 0.3) is 0 Å². The van der Waals surface area contributed by atoms with E-state index in [9.17, 15) is 4.79 Å². The average molecular weight is 241 g/mol. The van der Waals surface area contributed by atoms with Crippen molar-refractivity contribution >= 4 is 11.6 Å². The summed E-state index contributed by atoms with van der Waals surface area (Å²) in [5.74, 6) is 0.482. The summed E-state index contributed by atoms with van der Waals surface area (Å²) >= 11 is 0. The molecular weight excluding hydrogens is 226 g/mol. The molecule has 1 aromatic heterocycles. The third-order valence-corrected chi connectivity index (χ3v) is 2.65. The van der Waals surface area contributed by atoms with Crippen molar-refractivity contribution in [2.45, 2.75) is 20.8 Å². The number of benzene rings is 1. The summed E-state index contributed by atoms with van der Waals surface area (Å²) in [5, 5.41) is 2.83. The summed E-state index contributed by atoms with van der Waals surface area (Å²) < 4.78 is 0. The van der Waals surface area contributed by atoms with E-state index in [2.05, 4.69) is 15.3 Å². The molecule has 1 amide bonds. The van der Waals surface area contributed by atoms with E-state index in [1.165, 1.54) is 0 Å². The number of hydrogen-bond donors (Lipinski definition) is 1. The van der Waals surface area contributed by atoms with Crippen LogP contribution in [0, 0.1) is 20.8 Å². The predicted octanol–water partition coefficient (Wildman–Crippen LogP) is 2.65. The summed E-state index contributed by atoms with van der Waals surface area (Å²) in [6, 6.07) is 7.65. The number of nitrogens with zero attached hydrogens (tertiary/aromatic N) is 2. The van der Waals surface area contributed by atoms with Gasteiger partial charge in [0.25, 0.3) is 5.91 Å². The summed E-state index contributed by atoms with van der Waals surface area (Å²) in [7, 11) is 0. The van der Waals surface area contributed by atoms with Gasteiger partial charge in [0.1, 0.15) is 5.82 Å². The van der Waals surface area contributed by atoms with Crippen LogP contribution in [-0.2, 0) is 0 Å². The predicted molar refractivity (Wildman–Crippen MR) is 70.6 cm³/mol. The topological polar surface area (TPSA) is 54.9 Å². The number of hydrogen-bond acceptors (Lipinski definition) is 3. The number of aromatic nitrogens is 2. The summed E-state index contributed by atoms with van der Waals surface area (Å²) in [6.45, 7) is 5.61. The van der Waals surface area contributed by atoms with Gasteiger partial charge in [0, 0.05) is 11.9 Å². The lowest BCUT2D eigenvalue weighted by molar-refractivity contribution is 0.102. The van der Waals surface area contributed by atoms with Crippen LogP contribution in [0.15, 0.2) is 30.5 Å². The molecule has 1 aromatic carbocycles. The van der Waals surface area contributed by atoms with E-state index in [0.29, 0.717) is 17.1 Å². The van der Waals surface area contributed by atoms with Crippen molar-refractivity contribution in [3.63, 3.8) is 0 Å². The van der Waals surface area contributed by atoms with Crippen molar-refractivity contribution in [1.29, 1.82) is 0 Å². The molecule has 0 aliphatic rings. The fourth-order valence-electron chi connectivity index (χ4n) is 1.64. The molecule has 0 unspecified atom stereocenters. The highest BCUT2D eigenvalue weighted by molar-refractivity contribution is 6.04. The second-order valence-corrected chi connectivity index (χ2v) is 4.24. The Morgan fingerprint density at radius 1 is 1.11 bits per heavy atom. The lowest BCUT2D eigenvalue weighted by atomic mass is 10.2. The molecule has 18 heavy (non-hydrogen) atoms. The van der Waals surface area contributed by atoms with Crippen LogP contribution in [0.5, 0.6) is 0 Å². The summed E-state index contributed by atoms with van der Waals surface area (Å²) in [6.07, 6.45) is 1.56. The molecule has 0 saturated carbocycles. The SMILES string of the molecule is Cc1ccc(NC(=O)c2cnc(C)nc2C)cc1. The van der Waals surface area contributed by atoms with Gasteiger partial charge in [-0.05, 0) is 32.9 Å². The number of nitrogens with one attached hydrogen (secondary N) is 1. The quantitative estimate of drug-likeness (QED) is 0.879. The van der Waals surface area contributed by atoms with Crippen LogP contribution in [0.4, 0.5) is 5.69 Å². The van der Waals surface area contributed by atoms with Crippen molar-refractivity contribution < 1.29 is 4.79 Å². The lowest BCUT2D eigenvalue weighted by Gasteiger charge is -2.07. The molecule has 0 aliphatic carbocycles. The summed E-state index contributed by atoms with van der Waals surface area (Å²) in [4.78, 5) is 20.3. The monoisotopic (exact) mass is 241 g/mol. The molecule has 0 atom stereocenters. The smallest absolute Gasteiger partial charge is 0.259 e. The van der Waals surface area contributed by atoms with Gasteiger partial charge in [-0.25, -0.2) is 9.97 Å². The average Bonchev–Trinajstić information content (AvgIpc) is 2.32. The maximum atomic E-state index is 12.0. The first-order valence-corrected chi connectivity index (χ1v) is 5.74. The Kier molecular flexibility index (Phi) is 3.37. The molecule has 0 saturated heterocycles. The fourth-order valence-corrected chi connectivity index (χ4v) is 1.64. The van der Waals surface area contributed by atoms with Gasteiger partial charge in [-0.15, -0.1) is 0 Å². The van der Waals surface area contributed by atoms with E-state index >= 15 is 0 Å². The number of rotatable bonds is 2. The molecule has 0 radical (unpaired) electrons. The fraction of sp³-hybridized carbons (Fsp3) is 0.214. The van der Waals surface area contributed by atoms with Crippen LogP contribution >= 0.6 is 0 Å². The molecule has 1 N–H and O–H groups in total. The third-order valence-electron chi connectivity index (χ3n) is 2.65. The van der Waals surface area contributed by atoms with Crippen molar-refractivity contribution in [3.8, 4) is 0 Å². The van der Waals surface area contributed by atoms with E-state index in [0.717, 1.165) is 11.3 Å². The largest absolute Gasteiger partial charge is 0.322 e. The Labute approximate surface area is 106 Å². The molecule has 0 aliphatic heterocycles. The highest BCUT2D eigenvalue weighted by Crippen LogP contribution is 2.11. The minimum Gasteiger partial charge on any atom is -0.322 e. The van der Waals surface area contributed by atoms with Gasteiger partial charge in [0.15, 0.2) is 0 Å². The number of carbonyl (C=O) groups excluding carboxylic acids is 1. The van der Waals surface area contributed by atoms with Gasteiger partial charge < -0.3 is 5.32 Å². The van der Waals surface area contributed by atoms with Crippen LogP contribution < -0.4 is 5.32 Å². The van der Waals surface area contributed by atoms with Crippen LogP contribution in [0.2, 0.25) is 0 Å². The normalized spacial score (nSPS) is 10.2. The Morgan fingerprint density at radius 3 is 2.39 bits per heavy atom. The zero-order chi connectivity index (χ0) is 13.1. The molecule has 2 aromatic rings. The Balaban J connectivity index is 2.19. The first kappa shape index (κ1) is 12.2. The van der Waals surface area contributed by atoms with Crippen LogP contribution in [-0.4, -0.2) is 15.9 Å². The molecule has 0 bridgehead atoms. The van der Waals surface area contributed by atoms with Crippen LogP contribution in [0.3, 0.4) is 0 Å². The maximum Gasteiger partial charge on any atom is 0.259 e. The lowest BCUT2D eigenvalue weighted by Crippen LogP contribution is -2.15.